The SMILES string of the molecule is FS(F)(F)c1ccccc1. The molecule has 0 spiro atoms. The van der Waals surface area contributed by atoms with Crippen LogP contribution in [0.25, 0.3) is 0 Å². The number of benzene rings is 1. The van der Waals surface area contributed by atoms with E-state index in [1.54, 1.807) is 6.07 Å². The molecule has 4 heteroatoms. The molecule has 0 amide bonds. The van der Waals surface area contributed by atoms with Gasteiger partial charge in [-0.1, -0.05) is 18.2 Å². The van der Waals surface area contributed by atoms with Gasteiger partial charge in [0.2, 0.25) is 11.2 Å². The van der Waals surface area contributed by atoms with E-state index in [1.807, 2.05) is 0 Å². The highest BCUT2D eigenvalue weighted by Crippen LogP contribution is 2.60. The highest BCUT2D eigenvalue weighted by molar-refractivity contribution is 8.20. The van der Waals surface area contributed by atoms with E-state index >= 15 is 0 Å². The summed E-state index contributed by atoms with van der Waals surface area (Å²) in [6.45, 7) is 0. The van der Waals surface area contributed by atoms with Crippen molar-refractivity contribution in [1.29, 1.82) is 0 Å². The molecule has 1 aromatic rings. The number of hydrogen-bond acceptors (Lipinski definition) is 0. The van der Waals surface area contributed by atoms with Crippen LogP contribution in [0.1, 0.15) is 0 Å². The molecule has 0 unspecified atom stereocenters. The summed E-state index contributed by atoms with van der Waals surface area (Å²) in [4.78, 5) is -0.519. The molecule has 0 saturated heterocycles. The topological polar surface area (TPSA) is 0 Å². The van der Waals surface area contributed by atoms with Crippen molar-refractivity contribution in [2.45, 2.75) is 4.90 Å². The fourth-order valence-corrected chi connectivity index (χ4v) is 1.04. The third-order valence-corrected chi connectivity index (χ3v) is 1.82. The molecule has 1 rings (SSSR count). The molecule has 0 aromatic heterocycles. The maximum atomic E-state index is 11.9. The summed E-state index contributed by atoms with van der Waals surface area (Å²) in [7, 11) is 0. The molecular formula is C6H5F3S. The Kier molecular flexibility index (Phi) is 1.89. The minimum Gasteiger partial charge on any atom is -0.120 e. The quantitative estimate of drug-likeness (QED) is 0.598. The molecule has 0 aliphatic heterocycles. The van der Waals surface area contributed by atoms with Crippen LogP contribution in [-0.4, -0.2) is 0 Å². The van der Waals surface area contributed by atoms with E-state index in [0.717, 1.165) is 12.1 Å². The van der Waals surface area contributed by atoms with Crippen LogP contribution in [0.3, 0.4) is 0 Å². The molecule has 0 bridgehead atoms. The number of halogens is 3. The highest BCUT2D eigenvalue weighted by atomic mass is 32.3. The minimum atomic E-state index is -5.00. The first kappa shape index (κ1) is 7.47. The van der Waals surface area contributed by atoms with E-state index in [0.29, 0.717) is 0 Å². The Balaban J connectivity index is 2.97. The molecule has 0 aliphatic rings. The Hall–Kier alpha value is -0.640. The largest absolute Gasteiger partial charge is 0.237 e. The lowest BCUT2D eigenvalue weighted by molar-refractivity contribution is 0.633. The van der Waals surface area contributed by atoms with Gasteiger partial charge in [-0.2, -0.15) is 0 Å². The van der Waals surface area contributed by atoms with Gasteiger partial charge in [-0.25, -0.2) is 0 Å². The maximum absolute atomic E-state index is 11.9. The second kappa shape index (κ2) is 2.54. The third-order valence-electron chi connectivity index (χ3n) is 1.01. The summed E-state index contributed by atoms with van der Waals surface area (Å²) >= 11 is -5.00. The monoisotopic (exact) mass is 166 g/mol. The normalized spacial score (nSPS) is 13.1. The van der Waals surface area contributed by atoms with Gasteiger partial charge in [0.15, 0.2) is 0 Å². The van der Waals surface area contributed by atoms with Crippen LogP contribution in [0, 0.1) is 0 Å². The predicted octanol–water partition coefficient (Wildman–Crippen LogP) is 3.50. The Labute approximate surface area is 58.9 Å². The zero-order valence-electron chi connectivity index (χ0n) is 4.93. The van der Waals surface area contributed by atoms with Gasteiger partial charge in [0.1, 0.15) is 0 Å². The van der Waals surface area contributed by atoms with Crippen molar-refractivity contribution in [2.75, 3.05) is 0 Å². The average molecular weight is 166 g/mol. The summed E-state index contributed by atoms with van der Waals surface area (Å²) in [5.74, 6) is 0. The average Bonchev–Trinajstić information content (AvgIpc) is 1.88. The van der Waals surface area contributed by atoms with Crippen molar-refractivity contribution >= 4 is 11.2 Å². The van der Waals surface area contributed by atoms with E-state index in [2.05, 4.69) is 0 Å². The predicted molar refractivity (Wildman–Crippen MR) is 35.6 cm³/mol. The summed E-state index contributed by atoms with van der Waals surface area (Å²) < 4.78 is 35.6. The first-order valence-corrected chi connectivity index (χ1v) is 3.91. The van der Waals surface area contributed by atoms with Crippen molar-refractivity contribution in [1.82, 2.24) is 0 Å². The zero-order chi connectivity index (χ0) is 7.61. The van der Waals surface area contributed by atoms with Gasteiger partial charge in [0, 0.05) is 0 Å². The molecular weight excluding hydrogens is 161 g/mol. The molecule has 0 heterocycles. The molecule has 0 fully saturated rings. The first-order chi connectivity index (χ1) is 4.61. The van der Waals surface area contributed by atoms with Crippen LogP contribution in [0.2, 0.25) is 0 Å². The van der Waals surface area contributed by atoms with Gasteiger partial charge in [0.05, 0.1) is 4.90 Å². The van der Waals surface area contributed by atoms with Crippen LogP contribution >= 0.6 is 11.2 Å². The van der Waals surface area contributed by atoms with Gasteiger partial charge in [-0.3, -0.25) is 0 Å². The number of rotatable bonds is 1. The zero-order valence-corrected chi connectivity index (χ0v) is 5.75. The lowest BCUT2D eigenvalue weighted by Gasteiger charge is -2.07. The van der Waals surface area contributed by atoms with Crippen LogP contribution < -0.4 is 0 Å². The Morgan fingerprint density at radius 2 is 1.40 bits per heavy atom. The Bertz CT molecular complexity index is 204. The van der Waals surface area contributed by atoms with Crippen molar-refractivity contribution in [3.05, 3.63) is 30.3 Å². The summed E-state index contributed by atoms with van der Waals surface area (Å²) in [6, 6.07) is 6.49. The van der Waals surface area contributed by atoms with Gasteiger partial charge >= 0.3 is 0 Å². The fourth-order valence-electron chi connectivity index (χ4n) is 0.575. The molecule has 56 valence electrons. The maximum Gasteiger partial charge on any atom is 0.237 e. The van der Waals surface area contributed by atoms with E-state index in [-0.39, 0.29) is 0 Å². The van der Waals surface area contributed by atoms with Crippen molar-refractivity contribution in [3.63, 3.8) is 0 Å². The first-order valence-electron chi connectivity index (χ1n) is 2.58. The van der Waals surface area contributed by atoms with Crippen LogP contribution in [0.5, 0.6) is 0 Å². The van der Waals surface area contributed by atoms with Gasteiger partial charge in [0.25, 0.3) is 0 Å². The van der Waals surface area contributed by atoms with E-state index < -0.39 is 16.1 Å². The Morgan fingerprint density at radius 1 is 0.900 bits per heavy atom. The van der Waals surface area contributed by atoms with Gasteiger partial charge < -0.3 is 0 Å². The van der Waals surface area contributed by atoms with Gasteiger partial charge in [-0.15, -0.1) is 11.7 Å². The molecule has 0 atom stereocenters. The molecule has 0 nitrogen and oxygen atoms in total. The fraction of sp³-hybridized carbons (Fsp3) is 0. The second-order valence-corrected chi connectivity index (χ2v) is 3.00. The lowest BCUT2D eigenvalue weighted by atomic mass is 10.4. The minimum absolute atomic E-state index is 0.519. The van der Waals surface area contributed by atoms with E-state index in [1.165, 1.54) is 12.1 Å². The molecule has 0 aliphatic carbocycles. The summed E-state index contributed by atoms with van der Waals surface area (Å²) in [5.41, 5.74) is 0. The Morgan fingerprint density at radius 3 is 1.70 bits per heavy atom. The summed E-state index contributed by atoms with van der Waals surface area (Å²) in [5, 5.41) is 0. The molecule has 10 heavy (non-hydrogen) atoms. The molecule has 1 aromatic carbocycles. The second-order valence-electron chi connectivity index (χ2n) is 1.72. The molecule has 0 N–H and O–H groups in total. The van der Waals surface area contributed by atoms with Crippen molar-refractivity contribution in [2.24, 2.45) is 0 Å². The lowest BCUT2D eigenvalue weighted by Crippen LogP contribution is -1.76. The van der Waals surface area contributed by atoms with Crippen LogP contribution in [0.15, 0.2) is 35.2 Å². The summed E-state index contributed by atoms with van der Waals surface area (Å²) in [6.07, 6.45) is 0. The van der Waals surface area contributed by atoms with E-state index in [9.17, 15) is 11.7 Å². The van der Waals surface area contributed by atoms with Crippen LogP contribution in [0.4, 0.5) is 11.7 Å². The van der Waals surface area contributed by atoms with Gasteiger partial charge in [-0.05, 0) is 12.1 Å². The van der Waals surface area contributed by atoms with E-state index in [4.69, 9.17) is 0 Å². The highest BCUT2D eigenvalue weighted by Gasteiger charge is 2.22. The van der Waals surface area contributed by atoms with Crippen molar-refractivity contribution in [3.8, 4) is 0 Å². The number of hydrogen-bond donors (Lipinski definition) is 0. The standard InChI is InChI=1S/C6H5F3S/c7-10(8,9)6-4-2-1-3-5-6/h1-5H. The molecule has 0 saturated carbocycles. The molecule has 0 radical (unpaired) electrons. The van der Waals surface area contributed by atoms with Crippen molar-refractivity contribution < 1.29 is 11.7 Å². The third kappa shape index (κ3) is 1.67. The van der Waals surface area contributed by atoms with Crippen LogP contribution in [-0.2, 0) is 0 Å². The smallest absolute Gasteiger partial charge is 0.120 e.